The van der Waals surface area contributed by atoms with E-state index in [2.05, 4.69) is 10.3 Å². The van der Waals surface area contributed by atoms with Crippen LogP contribution in [0.15, 0.2) is 53.7 Å². The van der Waals surface area contributed by atoms with Gasteiger partial charge in [0.05, 0.1) is 5.56 Å². The van der Waals surface area contributed by atoms with Crippen molar-refractivity contribution in [1.29, 1.82) is 0 Å². The summed E-state index contributed by atoms with van der Waals surface area (Å²) in [4.78, 5) is 39.9. The number of pyridine rings is 1. The molecule has 0 spiro atoms. The smallest absolute Gasteiger partial charge is 0.253 e. The normalized spacial score (nSPS) is 11.5. The Morgan fingerprint density at radius 2 is 1.91 bits per heavy atom. The van der Waals surface area contributed by atoms with E-state index in [1.165, 1.54) is 13.1 Å². The number of thioether (sulfide) groups is 1. The van der Waals surface area contributed by atoms with E-state index in [1.54, 1.807) is 42.6 Å². The highest BCUT2D eigenvalue weighted by Crippen LogP contribution is 2.26. The van der Waals surface area contributed by atoms with E-state index in [-0.39, 0.29) is 5.12 Å². The van der Waals surface area contributed by atoms with Crippen molar-refractivity contribution in [2.75, 3.05) is 0 Å². The first-order valence-corrected chi connectivity index (χ1v) is 7.62. The Morgan fingerprint density at radius 1 is 1.17 bits per heavy atom. The average Bonchev–Trinajstić information content (AvgIpc) is 2.55. The van der Waals surface area contributed by atoms with Gasteiger partial charge in [-0.2, -0.15) is 0 Å². The van der Waals surface area contributed by atoms with Crippen molar-refractivity contribution in [3.05, 3.63) is 59.9 Å². The highest BCUT2D eigenvalue weighted by molar-refractivity contribution is 8.14. The van der Waals surface area contributed by atoms with Crippen LogP contribution in [0.5, 0.6) is 0 Å². The molecule has 1 aromatic carbocycles. The SMILES string of the molecule is C[C@@H](NC(=O)c1ccccc1SC(=O)c1cccnc1)C(N)=O. The van der Waals surface area contributed by atoms with Crippen LogP contribution in [0.25, 0.3) is 0 Å². The lowest BCUT2D eigenvalue weighted by Gasteiger charge is -2.12. The van der Waals surface area contributed by atoms with Gasteiger partial charge in [-0.3, -0.25) is 19.4 Å². The van der Waals surface area contributed by atoms with Crippen LogP contribution >= 0.6 is 11.8 Å². The van der Waals surface area contributed by atoms with Crippen molar-refractivity contribution >= 4 is 28.7 Å². The first kappa shape index (κ1) is 16.7. The van der Waals surface area contributed by atoms with E-state index >= 15 is 0 Å². The summed E-state index contributed by atoms with van der Waals surface area (Å²) in [5, 5.41) is 2.28. The molecule has 0 saturated heterocycles. The Hall–Kier alpha value is -2.67. The number of hydrogen-bond donors (Lipinski definition) is 2. The maximum absolute atomic E-state index is 12.2. The predicted octanol–water partition coefficient (Wildman–Crippen LogP) is 1.62. The summed E-state index contributed by atoms with van der Waals surface area (Å²) < 4.78 is 0. The molecule has 1 heterocycles. The molecular formula is C16H15N3O3S. The lowest BCUT2D eigenvalue weighted by atomic mass is 10.2. The van der Waals surface area contributed by atoms with E-state index < -0.39 is 17.9 Å². The van der Waals surface area contributed by atoms with Crippen molar-refractivity contribution in [3.8, 4) is 0 Å². The molecule has 0 radical (unpaired) electrons. The van der Waals surface area contributed by atoms with Crippen LogP contribution in [0.2, 0.25) is 0 Å². The van der Waals surface area contributed by atoms with Crippen LogP contribution in [-0.4, -0.2) is 28.0 Å². The quantitative estimate of drug-likeness (QED) is 0.812. The molecule has 0 aliphatic heterocycles. The van der Waals surface area contributed by atoms with Crippen molar-refractivity contribution in [3.63, 3.8) is 0 Å². The van der Waals surface area contributed by atoms with Gasteiger partial charge in [0.25, 0.3) is 5.91 Å². The van der Waals surface area contributed by atoms with Crippen LogP contribution in [0.3, 0.4) is 0 Å². The summed E-state index contributed by atoms with van der Waals surface area (Å²) in [6, 6.07) is 9.19. The highest BCUT2D eigenvalue weighted by atomic mass is 32.2. The third kappa shape index (κ3) is 4.40. The van der Waals surface area contributed by atoms with Gasteiger partial charge in [-0.05, 0) is 43.0 Å². The molecule has 0 bridgehead atoms. The van der Waals surface area contributed by atoms with E-state index in [0.717, 1.165) is 11.8 Å². The lowest BCUT2D eigenvalue weighted by molar-refractivity contribution is -0.119. The predicted molar refractivity (Wildman–Crippen MR) is 87.0 cm³/mol. The van der Waals surface area contributed by atoms with Crippen LogP contribution in [-0.2, 0) is 4.79 Å². The number of benzene rings is 1. The molecule has 1 atom stereocenters. The van der Waals surface area contributed by atoms with Gasteiger partial charge < -0.3 is 11.1 Å². The third-order valence-electron chi connectivity index (χ3n) is 3.01. The van der Waals surface area contributed by atoms with E-state index in [1.807, 2.05) is 0 Å². The fourth-order valence-corrected chi connectivity index (χ4v) is 2.59. The van der Waals surface area contributed by atoms with Crippen LogP contribution < -0.4 is 11.1 Å². The summed E-state index contributed by atoms with van der Waals surface area (Å²) in [6.07, 6.45) is 3.04. The molecule has 3 N–H and O–H groups in total. The van der Waals surface area contributed by atoms with Crippen molar-refractivity contribution in [2.24, 2.45) is 5.73 Å². The van der Waals surface area contributed by atoms with Gasteiger partial charge in [-0.15, -0.1) is 0 Å². The molecule has 2 aromatic rings. The molecule has 2 amide bonds. The van der Waals surface area contributed by atoms with E-state index in [9.17, 15) is 14.4 Å². The maximum Gasteiger partial charge on any atom is 0.253 e. The number of aromatic nitrogens is 1. The fraction of sp³-hybridized carbons (Fsp3) is 0.125. The second-order valence-corrected chi connectivity index (χ2v) is 5.74. The van der Waals surface area contributed by atoms with Gasteiger partial charge in [-0.25, -0.2) is 0 Å². The van der Waals surface area contributed by atoms with Crippen LogP contribution in [0, 0.1) is 0 Å². The topological polar surface area (TPSA) is 102 Å². The van der Waals surface area contributed by atoms with Crippen molar-refractivity contribution in [2.45, 2.75) is 17.9 Å². The van der Waals surface area contributed by atoms with E-state index in [4.69, 9.17) is 5.73 Å². The van der Waals surface area contributed by atoms with Crippen molar-refractivity contribution < 1.29 is 14.4 Å². The van der Waals surface area contributed by atoms with Gasteiger partial charge in [-0.1, -0.05) is 12.1 Å². The number of hydrogen-bond acceptors (Lipinski definition) is 5. The van der Waals surface area contributed by atoms with E-state index in [0.29, 0.717) is 16.0 Å². The van der Waals surface area contributed by atoms with Gasteiger partial charge >= 0.3 is 0 Å². The maximum atomic E-state index is 12.2. The molecular weight excluding hydrogens is 314 g/mol. The second-order valence-electron chi connectivity index (χ2n) is 4.72. The number of primary amides is 1. The molecule has 118 valence electrons. The molecule has 6 nitrogen and oxygen atoms in total. The number of carbonyl (C=O) groups excluding carboxylic acids is 3. The number of nitrogens with two attached hydrogens (primary N) is 1. The Bertz CT molecular complexity index is 734. The molecule has 0 fully saturated rings. The summed E-state index contributed by atoms with van der Waals surface area (Å²) in [5.41, 5.74) is 5.89. The van der Waals surface area contributed by atoms with Gasteiger partial charge in [0, 0.05) is 22.9 Å². The van der Waals surface area contributed by atoms with Gasteiger partial charge in [0.2, 0.25) is 11.0 Å². The zero-order valence-corrected chi connectivity index (χ0v) is 13.2. The fourth-order valence-electron chi connectivity index (χ4n) is 1.73. The Labute approximate surface area is 137 Å². The zero-order valence-electron chi connectivity index (χ0n) is 12.4. The number of nitrogens with zero attached hydrogens (tertiary/aromatic N) is 1. The minimum absolute atomic E-state index is 0.221. The summed E-state index contributed by atoms with van der Waals surface area (Å²) in [6.45, 7) is 1.50. The Balaban J connectivity index is 2.19. The molecule has 1 aromatic heterocycles. The largest absolute Gasteiger partial charge is 0.368 e. The number of carbonyl (C=O) groups is 3. The highest BCUT2D eigenvalue weighted by Gasteiger charge is 2.18. The molecule has 0 unspecified atom stereocenters. The minimum atomic E-state index is -0.797. The molecule has 0 aliphatic carbocycles. The van der Waals surface area contributed by atoms with Crippen LogP contribution in [0.1, 0.15) is 27.6 Å². The minimum Gasteiger partial charge on any atom is -0.368 e. The monoisotopic (exact) mass is 329 g/mol. The number of amides is 2. The van der Waals surface area contributed by atoms with Crippen molar-refractivity contribution in [1.82, 2.24) is 10.3 Å². The molecule has 0 aliphatic rings. The van der Waals surface area contributed by atoms with Gasteiger partial charge in [0.15, 0.2) is 0 Å². The second kappa shape index (κ2) is 7.55. The number of rotatable bonds is 5. The van der Waals surface area contributed by atoms with Crippen LogP contribution in [0.4, 0.5) is 0 Å². The zero-order chi connectivity index (χ0) is 16.8. The molecule has 7 heteroatoms. The standard InChI is InChI=1S/C16H15N3O3S/c1-10(14(17)20)19-15(21)12-6-2-3-7-13(12)23-16(22)11-5-4-8-18-9-11/h2-10H,1H3,(H2,17,20)(H,19,21)/t10-/m1/s1. The third-order valence-corrected chi connectivity index (χ3v) is 4.00. The van der Waals surface area contributed by atoms with Gasteiger partial charge in [0.1, 0.15) is 6.04 Å². The molecule has 2 rings (SSSR count). The first-order valence-electron chi connectivity index (χ1n) is 6.80. The Morgan fingerprint density at radius 3 is 2.57 bits per heavy atom. The summed E-state index contributed by atoms with van der Waals surface area (Å²) >= 11 is 0.931. The first-order chi connectivity index (χ1) is 11.0. The lowest BCUT2D eigenvalue weighted by Crippen LogP contribution is -2.42. The summed E-state index contributed by atoms with van der Waals surface area (Å²) in [7, 11) is 0. The average molecular weight is 329 g/mol. The molecule has 23 heavy (non-hydrogen) atoms. The Kier molecular flexibility index (Phi) is 5.48. The molecule has 0 saturated carbocycles. The summed E-state index contributed by atoms with van der Waals surface area (Å²) in [5.74, 6) is -1.09. The number of nitrogens with one attached hydrogen (secondary N) is 1.